The van der Waals surface area contributed by atoms with E-state index in [1.165, 1.54) is 0 Å². The van der Waals surface area contributed by atoms with Crippen LogP contribution >= 0.6 is 23.2 Å². The van der Waals surface area contributed by atoms with Gasteiger partial charge in [-0.2, -0.15) is 0 Å². The lowest BCUT2D eigenvalue weighted by Crippen LogP contribution is -2.59. The Morgan fingerprint density at radius 3 is 2.56 bits per heavy atom. The Morgan fingerprint density at radius 1 is 1.06 bits per heavy atom. The van der Waals surface area contributed by atoms with Crippen LogP contribution in [0.1, 0.15) is 67.7 Å². The van der Waals surface area contributed by atoms with Gasteiger partial charge in [0.15, 0.2) is 0 Å². The van der Waals surface area contributed by atoms with Gasteiger partial charge in [-0.1, -0.05) is 66.4 Å². The van der Waals surface area contributed by atoms with Crippen molar-refractivity contribution in [3.05, 3.63) is 74.9 Å². The van der Waals surface area contributed by atoms with Crippen LogP contribution in [-0.2, 0) is 19.6 Å². The molecule has 3 heterocycles. The van der Waals surface area contributed by atoms with Crippen LogP contribution in [0.25, 0.3) is 5.70 Å². The highest BCUT2D eigenvalue weighted by molar-refractivity contribution is 7.89. The molecule has 3 aliphatic heterocycles. The molecule has 0 bridgehead atoms. The Hall–Kier alpha value is -2.22. The average Bonchev–Trinajstić information content (AvgIpc) is 3.18. The number of carbonyl (C=O) groups is 1. The first-order valence-corrected chi connectivity index (χ1v) is 14.9. The normalized spacial score (nSPS) is 28.2. The zero-order chi connectivity index (χ0) is 25.2. The number of esters is 1. The summed E-state index contributed by atoms with van der Waals surface area (Å²) in [4.78, 5) is 16.0. The van der Waals surface area contributed by atoms with Crippen LogP contribution in [0.4, 0.5) is 0 Å². The van der Waals surface area contributed by atoms with Crippen LogP contribution in [0.5, 0.6) is 0 Å². The zero-order valence-corrected chi connectivity index (χ0v) is 22.3. The molecule has 1 saturated carbocycles. The molecule has 6 rings (SSSR count). The summed E-state index contributed by atoms with van der Waals surface area (Å²) in [5.41, 5.74) is 4.28. The van der Waals surface area contributed by atoms with Crippen molar-refractivity contribution in [2.24, 2.45) is 0 Å². The Morgan fingerprint density at radius 2 is 1.81 bits per heavy atom. The molecule has 0 aromatic heterocycles. The van der Waals surface area contributed by atoms with Gasteiger partial charge in [0.05, 0.1) is 41.9 Å². The first-order chi connectivity index (χ1) is 17.3. The van der Waals surface area contributed by atoms with Crippen molar-refractivity contribution in [1.82, 2.24) is 9.21 Å². The highest BCUT2D eigenvalue weighted by Gasteiger charge is 2.55. The number of hydrogen-bond donors (Lipinski definition) is 0. The van der Waals surface area contributed by atoms with Crippen LogP contribution in [0.3, 0.4) is 0 Å². The number of fused-ring (bicyclic) bond motifs is 7. The molecule has 4 aliphatic rings. The number of carbonyl (C=O) groups excluding carboxylic acids is 1. The summed E-state index contributed by atoms with van der Waals surface area (Å²) in [6, 6.07) is 12.6. The molecule has 2 aromatic carbocycles. The summed E-state index contributed by atoms with van der Waals surface area (Å²) in [5, 5.41) is 1.01. The molecule has 1 aliphatic carbocycles. The Bertz CT molecular complexity index is 1380. The van der Waals surface area contributed by atoms with Crippen LogP contribution < -0.4 is 0 Å². The third-order valence-corrected chi connectivity index (χ3v) is 10.4. The monoisotopic (exact) mass is 546 g/mol. The van der Waals surface area contributed by atoms with Gasteiger partial charge in [-0.3, -0.25) is 9.10 Å². The van der Waals surface area contributed by atoms with Crippen LogP contribution in [0.2, 0.25) is 10.0 Å². The van der Waals surface area contributed by atoms with Crippen molar-refractivity contribution in [2.45, 2.75) is 63.1 Å². The Kier molecular flexibility index (Phi) is 6.01. The van der Waals surface area contributed by atoms with Crippen molar-refractivity contribution >= 4 is 44.9 Å². The van der Waals surface area contributed by atoms with Crippen LogP contribution in [-0.4, -0.2) is 48.0 Å². The van der Waals surface area contributed by atoms with Crippen molar-refractivity contribution in [3.8, 4) is 0 Å². The maximum Gasteiger partial charge on any atom is 0.315 e. The van der Waals surface area contributed by atoms with Gasteiger partial charge in [0, 0.05) is 22.0 Å². The maximum absolute atomic E-state index is 13.6. The minimum absolute atomic E-state index is 0.0765. The lowest BCUT2D eigenvalue weighted by Gasteiger charge is -2.56. The summed E-state index contributed by atoms with van der Waals surface area (Å²) in [6.07, 6.45) is 4.07. The number of benzene rings is 2. The van der Waals surface area contributed by atoms with Gasteiger partial charge >= 0.3 is 5.97 Å². The van der Waals surface area contributed by atoms with Crippen LogP contribution in [0.15, 0.2) is 48.2 Å². The fraction of sp³-hybridized carbons (Fsp3) is 0.444. The number of halogens is 2. The van der Waals surface area contributed by atoms with Crippen molar-refractivity contribution in [3.63, 3.8) is 0 Å². The van der Waals surface area contributed by atoms with Crippen LogP contribution in [0, 0.1) is 0 Å². The molecule has 0 unspecified atom stereocenters. The van der Waals surface area contributed by atoms with Gasteiger partial charge < -0.3 is 9.64 Å². The van der Waals surface area contributed by atoms with Gasteiger partial charge in [-0.25, -0.2) is 8.42 Å². The molecule has 190 valence electrons. The first-order valence-electron chi connectivity index (χ1n) is 12.6. The molecule has 0 N–H and O–H groups in total. The molecule has 0 spiro atoms. The molecule has 4 atom stereocenters. The molecule has 1 saturated heterocycles. The topological polar surface area (TPSA) is 66.9 Å². The second-order valence-electron chi connectivity index (χ2n) is 9.91. The summed E-state index contributed by atoms with van der Waals surface area (Å²) in [6.45, 7) is 2.08. The van der Waals surface area contributed by atoms with Gasteiger partial charge in [0.1, 0.15) is 5.92 Å². The summed E-state index contributed by atoms with van der Waals surface area (Å²) in [7, 11) is -3.39. The number of rotatable bonds is 3. The molecule has 9 heteroatoms. The Balaban J connectivity index is 1.68. The van der Waals surface area contributed by atoms with E-state index in [-0.39, 0.29) is 30.4 Å². The Labute approximate surface area is 221 Å². The van der Waals surface area contributed by atoms with E-state index in [9.17, 15) is 13.2 Å². The highest BCUT2D eigenvalue weighted by Crippen LogP contribution is 2.57. The number of sulfonamides is 1. The SMILES string of the molecule is CCOC(=O)[C@@H]1c2ccccc2C2=C3CCS(=O)(=O)N3[C@H]3CCCC[C@@H]3N2[C@H]1c1ccc(Cl)cc1Cl. The standard InChI is InChI=1S/C27H28Cl2N2O4S/c1-2-35-27(32)24-17-7-3-4-8-18(17)25-23-13-14-36(33,34)31(23)22-10-6-5-9-21(22)30(25)26(24)19-12-11-16(28)15-20(19)29/h3-4,7-8,11-12,15,21-22,24,26H,2,5-6,9-10,13-14H2,1H3/t21-,22-,24+,26-/m0/s1. The van der Waals surface area contributed by atoms with E-state index < -0.39 is 22.0 Å². The first kappa shape index (κ1) is 24.1. The van der Waals surface area contributed by atoms with E-state index in [1.54, 1.807) is 16.4 Å². The molecule has 0 radical (unpaired) electrons. The predicted octanol–water partition coefficient (Wildman–Crippen LogP) is 5.73. The predicted molar refractivity (Wildman–Crippen MR) is 140 cm³/mol. The van der Waals surface area contributed by atoms with E-state index >= 15 is 0 Å². The van der Waals surface area contributed by atoms with Gasteiger partial charge in [-0.15, -0.1) is 0 Å². The number of hydrogen-bond acceptors (Lipinski definition) is 5. The third kappa shape index (κ3) is 3.57. The van der Waals surface area contributed by atoms with Crippen molar-refractivity contribution in [2.75, 3.05) is 12.4 Å². The molecular formula is C27H28Cl2N2O4S. The minimum Gasteiger partial charge on any atom is -0.465 e. The highest BCUT2D eigenvalue weighted by atomic mass is 35.5. The molecule has 36 heavy (non-hydrogen) atoms. The summed E-state index contributed by atoms with van der Waals surface area (Å²) < 4.78 is 34.0. The summed E-state index contributed by atoms with van der Waals surface area (Å²) in [5.74, 6) is -0.811. The smallest absolute Gasteiger partial charge is 0.315 e. The second-order valence-corrected chi connectivity index (χ2v) is 12.7. The zero-order valence-electron chi connectivity index (χ0n) is 20.0. The number of ether oxygens (including phenoxy) is 1. The minimum atomic E-state index is -3.39. The quantitative estimate of drug-likeness (QED) is 0.460. The van der Waals surface area contributed by atoms with Gasteiger partial charge in [-0.05, 0) is 43.0 Å². The maximum atomic E-state index is 13.6. The van der Waals surface area contributed by atoms with E-state index in [0.29, 0.717) is 16.5 Å². The fourth-order valence-corrected chi connectivity index (χ4v) is 9.09. The van der Waals surface area contributed by atoms with Gasteiger partial charge in [0.25, 0.3) is 0 Å². The van der Waals surface area contributed by atoms with E-state index in [2.05, 4.69) is 4.90 Å². The van der Waals surface area contributed by atoms with Crippen molar-refractivity contribution < 1.29 is 17.9 Å². The molecule has 2 aromatic rings. The largest absolute Gasteiger partial charge is 0.465 e. The lowest BCUT2D eigenvalue weighted by atomic mass is 9.74. The molecule has 2 fully saturated rings. The lowest BCUT2D eigenvalue weighted by molar-refractivity contribution is -0.147. The molecule has 6 nitrogen and oxygen atoms in total. The second kappa shape index (κ2) is 8.96. The van der Waals surface area contributed by atoms with Gasteiger partial charge in [0.2, 0.25) is 10.0 Å². The summed E-state index contributed by atoms with van der Waals surface area (Å²) >= 11 is 13.1. The van der Waals surface area contributed by atoms with E-state index in [1.807, 2.05) is 37.3 Å². The van der Waals surface area contributed by atoms with E-state index in [0.717, 1.165) is 53.8 Å². The number of nitrogens with zero attached hydrogens (tertiary/aromatic N) is 2. The fourth-order valence-electron chi connectivity index (χ4n) is 6.75. The third-order valence-electron chi connectivity index (χ3n) is 8.03. The van der Waals surface area contributed by atoms with Crippen molar-refractivity contribution in [1.29, 1.82) is 0 Å². The number of allylic oxidation sites excluding steroid dienone is 1. The average molecular weight is 548 g/mol. The molecule has 0 amide bonds. The molecular weight excluding hydrogens is 519 g/mol. The van der Waals surface area contributed by atoms with E-state index in [4.69, 9.17) is 27.9 Å².